The lowest BCUT2D eigenvalue weighted by atomic mass is 10.0. The van der Waals surface area contributed by atoms with Gasteiger partial charge in [-0.2, -0.15) is 0 Å². The molecule has 0 bridgehead atoms. The number of piperidine rings is 1. The fourth-order valence-corrected chi connectivity index (χ4v) is 3.87. The molecular formula is C21H25N4O2+. The molecule has 0 atom stereocenters. The molecule has 2 heterocycles. The molecule has 2 N–H and O–H groups in total. The molecule has 0 radical (unpaired) electrons. The molecule has 1 aliphatic heterocycles. The van der Waals surface area contributed by atoms with Crippen LogP contribution >= 0.6 is 0 Å². The second-order valence-corrected chi connectivity index (χ2v) is 7.08. The van der Waals surface area contributed by atoms with Crippen LogP contribution < -0.4 is 15.0 Å². The van der Waals surface area contributed by atoms with Crippen LogP contribution in [0.5, 0.6) is 5.75 Å². The number of likely N-dealkylation sites (tertiary alicyclic amines) is 1. The number of hydrogen-bond acceptors (Lipinski definition) is 3. The predicted molar refractivity (Wildman–Crippen MR) is 105 cm³/mol. The summed E-state index contributed by atoms with van der Waals surface area (Å²) in [7, 11) is 1.62. The fourth-order valence-electron chi connectivity index (χ4n) is 3.87. The van der Waals surface area contributed by atoms with Gasteiger partial charge in [0.1, 0.15) is 5.75 Å². The SMILES string of the molecule is COc1cccc(NC(=O)C[NH+]2CCC(n3cnc4ccccc43)CC2)c1. The molecule has 0 saturated carbocycles. The lowest BCUT2D eigenvalue weighted by Crippen LogP contribution is -3.14. The summed E-state index contributed by atoms with van der Waals surface area (Å²) >= 11 is 0. The van der Waals surface area contributed by atoms with Crippen LogP contribution in [0.4, 0.5) is 5.69 Å². The summed E-state index contributed by atoms with van der Waals surface area (Å²) < 4.78 is 7.49. The zero-order valence-electron chi connectivity index (χ0n) is 15.5. The van der Waals surface area contributed by atoms with E-state index in [1.165, 1.54) is 10.4 Å². The Morgan fingerprint density at radius 1 is 1.22 bits per heavy atom. The Balaban J connectivity index is 1.32. The number of aromatic nitrogens is 2. The van der Waals surface area contributed by atoms with Crippen LogP contribution in [-0.2, 0) is 4.79 Å². The molecule has 0 unspecified atom stereocenters. The van der Waals surface area contributed by atoms with Gasteiger partial charge in [0.05, 0.1) is 37.6 Å². The minimum Gasteiger partial charge on any atom is -0.497 e. The van der Waals surface area contributed by atoms with Crippen molar-refractivity contribution in [3.05, 3.63) is 54.9 Å². The third-order valence-corrected chi connectivity index (χ3v) is 5.30. The number of anilines is 1. The van der Waals surface area contributed by atoms with Crippen LogP contribution in [0, 0.1) is 0 Å². The number of nitrogens with one attached hydrogen (secondary N) is 2. The van der Waals surface area contributed by atoms with Gasteiger partial charge in [-0.25, -0.2) is 4.98 Å². The molecule has 1 saturated heterocycles. The van der Waals surface area contributed by atoms with Crippen LogP contribution in [-0.4, -0.2) is 42.2 Å². The molecule has 3 aromatic rings. The largest absolute Gasteiger partial charge is 0.497 e. The van der Waals surface area contributed by atoms with Crippen molar-refractivity contribution in [2.45, 2.75) is 18.9 Å². The molecule has 1 aliphatic rings. The van der Waals surface area contributed by atoms with Gasteiger partial charge in [0.15, 0.2) is 6.54 Å². The number of ether oxygens (including phenoxy) is 1. The summed E-state index contributed by atoms with van der Waals surface area (Å²) in [6.45, 7) is 2.47. The highest BCUT2D eigenvalue weighted by atomic mass is 16.5. The lowest BCUT2D eigenvalue weighted by Gasteiger charge is -2.29. The highest BCUT2D eigenvalue weighted by Crippen LogP contribution is 2.23. The molecule has 0 aliphatic carbocycles. The standard InChI is InChI=1S/C21H24N4O2/c1-27-18-6-4-5-16(13-18)23-21(26)14-24-11-9-17(10-12-24)25-15-22-19-7-2-3-8-20(19)25/h2-8,13,15,17H,9-12,14H2,1H3,(H,23,26)/p+1. The van der Waals surface area contributed by atoms with Crippen molar-refractivity contribution in [3.63, 3.8) is 0 Å². The van der Waals surface area contributed by atoms with E-state index in [2.05, 4.69) is 33.1 Å². The highest BCUT2D eigenvalue weighted by Gasteiger charge is 2.25. The van der Waals surface area contributed by atoms with Gasteiger partial charge in [0, 0.05) is 30.6 Å². The maximum absolute atomic E-state index is 12.4. The first-order valence-corrected chi connectivity index (χ1v) is 9.42. The number of nitrogens with zero attached hydrogens (tertiary/aromatic N) is 2. The van der Waals surface area contributed by atoms with Crippen LogP contribution in [0.1, 0.15) is 18.9 Å². The zero-order chi connectivity index (χ0) is 18.6. The van der Waals surface area contributed by atoms with E-state index in [0.29, 0.717) is 12.6 Å². The first-order valence-electron chi connectivity index (χ1n) is 9.42. The van der Waals surface area contributed by atoms with Gasteiger partial charge in [-0.3, -0.25) is 4.79 Å². The number of amides is 1. The number of para-hydroxylation sites is 2. The van der Waals surface area contributed by atoms with E-state index in [1.54, 1.807) is 7.11 Å². The van der Waals surface area contributed by atoms with Crippen molar-refractivity contribution >= 4 is 22.6 Å². The monoisotopic (exact) mass is 365 g/mol. The molecule has 140 valence electrons. The molecule has 0 spiro atoms. The molecule has 6 nitrogen and oxygen atoms in total. The first kappa shape index (κ1) is 17.5. The maximum atomic E-state index is 12.4. The average molecular weight is 365 g/mol. The molecule has 2 aromatic carbocycles. The van der Waals surface area contributed by atoms with Crippen molar-refractivity contribution < 1.29 is 14.4 Å². The summed E-state index contributed by atoms with van der Waals surface area (Å²) in [5.41, 5.74) is 3.02. The minimum atomic E-state index is 0.0461. The van der Waals surface area contributed by atoms with E-state index in [9.17, 15) is 4.79 Å². The van der Waals surface area contributed by atoms with Gasteiger partial charge in [-0.05, 0) is 24.3 Å². The third kappa shape index (κ3) is 3.95. The van der Waals surface area contributed by atoms with Gasteiger partial charge < -0.3 is 19.5 Å². The number of quaternary nitrogens is 1. The van der Waals surface area contributed by atoms with Crippen molar-refractivity contribution in [2.75, 3.05) is 32.1 Å². The third-order valence-electron chi connectivity index (χ3n) is 5.30. The smallest absolute Gasteiger partial charge is 0.279 e. The van der Waals surface area contributed by atoms with E-state index in [0.717, 1.165) is 42.9 Å². The fraction of sp³-hybridized carbons (Fsp3) is 0.333. The quantitative estimate of drug-likeness (QED) is 0.726. The maximum Gasteiger partial charge on any atom is 0.279 e. The van der Waals surface area contributed by atoms with Crippen LogP contribution in [0.3, 0.4) is 0 Å². The van der Waals surface area contributed by atoms with Crippen LogP contribution in [0.2, 0.25) is 0 Å². The first-order chi connectivity index (χ1) is 13.2. The molecule has 1 aromatic heterocycles. The molecule has 1 amide bonds. The van der Waals surface area contributed by atoms with E-state index >= 15 is 0 Å². The second kappa shape index (κ2) is 7.80. The number of hydrogen-bond donors (Lipinski definition) is 2. The van der Waals surface area contributed by atoms with E-state index in [4.69, 9.17) is 4.74 Å². The summed E-state index contributed by atoms with van der Waals surface area (Å²) in [6, 6.07) is 16.2. The minimum absolute atomic E-state index is 0.0461. The Kier molecular flexibility index (Phi) is 5.07. The average Bonchev–Trinajstić information content (AvgIpc) is 3.13. The Labute approximate surface area is 158 Å². The predicted octanol–water partition coefficient (Wildman–Crippen LogP) is 1.90. The number of rotatable bonds is 5. The second-order valence-electron chi connectivity index (χ2n) is 7.08. The van der Waals surface area contributed by atoms with Crippen molar-refractivity contribution in [2.24, 2.45) is 0 Å². The van der Waals surface area contributed by atoms with Gasteiger partial charge in [0.2, 0.25) is 0 Å². The Bertz CT molecular complexity index is 929. The number of fused-ring (bicyclic) bond motifs is 1. The molecule has 4 rings (SSSR count). The van der Waals surface area contributed by atoms with Gasteiger partial charge in [0.25, 0.3) is 5.91 Å². The van der Waals surface area contributed by atoms with E-state index in [-0.39, 0.29) is 5.91 Å². The van der Waals surface area contributed by atoms with E-state index in [1.807, 2.05) is 36.7 Å². The lowest BCUT2D eigenvalue weighted by molar-refractivity contribution is -0.897. The molecule has 1 fully saturated rings. The van der Waals surface area contributed by atoms with Crippen molar-refractivity contribution in [1.82, 2.24) is 9.55 Å². The highest BCUT2D eigenvalue weighted by molar-refractivity contribution is 5.91. The molecule has 27 heavy (non-hydrogen) atoms. The summed E-state index contributed by atoms with van der Waals surface area (Å²) in [6.07, 6.45) is 4.07. The zero-order valence-corrected chi connectivity index (χ0v) is 15.5. The van der Waals surface area contributed by atoms with Crippen LogP contribution in [0.25, 0.3) is 11.0 Å². The number of carbonyl (C=O) groups excluding carboxylic acids is 1. The summed E-state index contributed by atoms with van der Waals surface area (Å²) in [5.74, 6) is 0.790. The summed E-state index contributed by atoms with van der Waals surface area (Å²) in [5, 5.41) is 2.97. The number of imidazole rings is 1. The van der Waals surface area contributed by atoms with Crippen molar-refractivity contribution in [3.8, 4) is 5.75 Å². The van der Waals surface area contributed by atoms with Gasteiger partial charge in [-0.1, -0.05) is 18.2 Å². The van der Waals surface area contributed by atoms with Gasteiger partial charge in [-0.15, -0.1) is 0 Å². The van der Waals surface area contributed by atoms with Gasteiger partial charge >= 0.3 is 0 Å². The van der Waals surface area contributed by atoms with E-state index < -0.39 is 0 Å². The number of carbonyl (C=O) groups is 1. The Hall–Kier alpha value is -2.86. The Morgan fingerprint density at radius 3 is 2.85 bits per heavy atom. The normalized spacial score (nSPS) is 19.7. The Morgan fingerprint density at radius 2 is 2.04 bits per heavy atom. The number of methoxy groups -OCH3 is 1. The van der Waals surface area contributed by atoms with Crippen molar-refractivity contribution in [1.29, 1.82) is 0 Å². The summed E-state index contributed by atoms with van der Waals surface area (Å²) in [4.78, 5) is 18.2. The number of benzene rings is 2. The topological polar surface area (TPSA) is 60.6 Å². The molecular weight excluding hydrogens is 340 g/mol. The molecule has 6 heteroatoms. The van der Waals surface area contributed by atoms with Crippen LogP contribution in [0.15, 0.2) is 54.9 Å².